The van der Waals surface area contributed by atoms with Crippen molar-refractivity contribution in [1.29, 1.82) is 0 Å². The Hall–Kier alpha value is -2.37. The third-order valence-corrected chi connectivity index (χ3v) is 4.15. The van der Waals surface area contributed by atoms with Gasteiger partial charge in [0, 0.05) is 18.2 Å². The van der Waals surface area contributed by atoms with Gasteiger partial charge in [-0.05, 0) is 23.8 Å². The average molecular weight is 327 g/mol. The van der Waals surface area contributed by atoms with Gasteiger partial charge in [0.15, 0.2) is 0 Å². The molecule has 0 spiro atoms. The molecular weight excluding hydrogens is 304 g/mol. The molecule has 1 aromatic heterocycles. The van der Waals surface area contributed by atoms with E-state index in [1.165, 1.54) is 16.5 Å². The van der Waals surface area contributed by atoms with Crippen LogP contribution in [0.2, 0.25) is 0 Å². The summed E-state index contributed by atoms with van der Waals surface area (Å²) in [5.41, 5.74) is 2.45. The molecule has 0 atom stereocenters. The number of carbonyl (C=O) groups is 1. The maximum Gasteiger partial charge on any atom is 0.244 e. The zero-order chi connectivity index (χ0) is 16.6. The van der Waals surface area contributed by atoms with E-state index in [0.717, 1.165) is 38.4 Å². The van der Waals surface area contributed by atoms with Crippen molar-refractivity contribution in [3.8, 4) is 0 Å². The molecule has 24 heavy (non-hydrogen) atoms. The fourth-order valence-electron chi connectivity index (χ4n) is 2.79. The minimum atomic E-state index is -0.125. The highest BCUT2D eigenvalue weighted by molar-refractivity contribution is 5.91. The van der Waals surface area contributed by atoms with Gasteiger partial charge in [0.1, 0.15) is 25.4 Å². The monoisotopic (exact) mass is 327 g/mol. The third kappa shape index (κ3) is 4.81. The van der Waals surface area contributed by atoms with Gasteiger partial charge in [-0.15, -0.1) is 0 Å². The number of hydrogen-bond acceptors (Lipinski definition) is 3. The van der Waals surface area contributed by atoms with Crippen molar-refractivity contribution in [2.45, 2.75) is 13.1 Å². The number of quaternary nitrogens is 1. The first kappa shape index (κ1) is 16.5. The quantitative estimate of drug-likeness (QED) is 0.779. The predicted octanol–water partition coefficient (Wildman–Crippen LogP) is 1.02. The Balaban J connectivity index is 1.55. The van der Waals surface area contributed by atoms with Gasteiger partial charge in [-0.2, -0.15) is 0 Å². The van der Waals surface area contributed by atoms with Crippen molar-refractivity contribution >= 4 is 12.0 Å². The SMILES string of the molecule is O=C(/C=C/c1ccco1)NCc1ccccc1C[NH+]1CCOCC1. The molecule has 126 valence electrons. The van der Waals surface area contributed by atoms with Crippen molar-refractivity contribution < 1.29 is 18.8 Å². The van der Waals surface area contributed by atoms with Crippen LogP contribution >= 0.6 is 0 Å². The van der Waals surface area contributed by atoms with E-state index in [0.29, 0.717) is 12.3 Å². The Bertz CT molecular complexity index is 674. The van der Waals surface area contributed by atoms with Crippen molar-refractivity contribution in [2.75, 3.05) is 26.3 Å². The fourth-order valence-corrected chi connectivity index (χ4v) is 2.79. The van der Waals surface area contributed by atoms with Gasteiger partial charge >= 0.3 is 0 Å². The summed E-state index contributed by atoms with van der Waals surface area (Å²) in [7, 11) is 0. The topological polar surface area (TPSA) is 55.9 Å². The first-order valence-corrected chi connectivity index (χ1v) is 8.29. The second-order valence-electron chi connectivity index (χ2n) is 5.87. The maximum absolute atomic E-state index is 12.0. The molecule has 0 unspecified atom stereocenters. The molecule has 2 heterocycles. The Kier molecular flexibility index (Phi) is 5.82. The van der Waals surface area contributed by atoms with Gasteiger partial charge in [-0.25, -0.2) is 0 Å². The standard InChI is InChI=1S/C19H22N2O3/c22-19(8-7-18-6-3-11-24-18)20-14-16-4-1-2-5-17(16)15-21-9-12-23-13-10-21/h1-8,11H,9-10,12-15H2,(H,20,22)/p+1/b8-7+. The Morgan fingerprint density at radius 2 is 1.92 bits per heavy atom. The highest BCUT2D eigenvalue weighted by Gasteiger charge is 2.15. The van der Waals surface area contributed by atoms with E-state index in [9.17, 15) is 4.79 Å². The van der Waals surface area contributed by atoms with Crippen molar-refractivity contribution in [2.24, 2.45) is 0 Å². The van der Waals surface area contributed by atoms with Crippen LogP contribution in [0.3, 0.4) is 0 Å². The minimum absolute atomic E-state index is 0.125. The van der Waals surface area contributed by atoms with Crippen molar-refractivity contribution in [3.63, 3.8) is 0 Å². The van der Waals surface area contributed by atoms with E-state index in [4.69, 9.17) is 9.15 Å². The van der Waals surface area contributed by atoms with Gasteiger partial charge < -0.3 is 19.4 Å². The number of benzene rings is 1. The zero-order valence-electron chi connectivity index (χ0n) is 13.7. The molecule has 1 aromatic carbocycles. The molecule has 3 rings (SSSR count). The molecule has 1 aliphatic rings. The van der Waals surface area contributed by atoms with Crippen LogP contribution in [0.15, 0.2) is 53.2 Å². The number of ether oxygens (including phenoxy) is 1. The molecule has 1 fully saturated rings. The van der Waals surface area contributed by atoms with Gasteiger partial charge in [0.25, 0.3) is 0 Å². The molecule has 5 heteroatoms. The highest BCUT2D eigenvalue weighted by Crippen LogP contribution is 2.08. The lowest BCUT2D eigenvalue weighted by Gasteiger charge is -2.24. The summed E-state index contributed by atoms with van der Waals surface area (Å²) in [5.74, 6) is 0.543. The summed E-state index contributed by atoms with van der Waals surface area (Å²) >= 11 is 0. The molecule has 2 aromatic rings. The molecular formula is C19H23N2O3+. The first-order chi connectivity index (χ1) is 11.8. The van der Waals surface area contributed by atoms with E-state index < -0.39 is 0 Å². The fraction of sp³-hybridized carbons (Fsp3) is 0.316. The van der Waals surface area contributed by atoms with Crippen molar-refractivity contribution in [3.05, 3.63) is 65.6 Å². The normalized spacial score (nSPS) is 15.7. The summed E-state index contributed by atoms with van der Waals surface area (Å²) in [6.45, 7) is 5.22. The van der Waals surface area contributed by atoms with Gasteiger partial charge in [-0.3, -0.25) is 4.79 Å². The summed E-state index contributed by atoms with van der Waals surface area (Å²) in [6.07, 6.45) is 4.75. The summed E-state index contributed by atoms with van der Waals surface area (Å²) in [6, 6.07) is 11.9. The van der Waals surface area contributed by atoms with Crippen LogP contribution < -0.4 is 10.2 Å². The molecule has 5 nitrogen and oxygen atoms in total. The number of carbonyl (C=O) groups excluding carboxylic acids is 1. The molecule has 2 N–H and O–H groups in total. The van der Waals surface area contributed by atoms with Crippen LogP contribution in [-0.4, -0.2) is 32.2 Å². The Morgan fingerprint density at radius 3 is 2.67 bits per heavy atom. The van der Waals surface area contributed by atoms with Crippen molar-refractivity contribution in [1.82, 2.24) is 5.32 Å². The van der Waals surface area contributed by atoms with E-state index in [2.05, 4.69) is 23.5 Å². The summed E-state index contributed by atoms with van der Waals surface area (Å²) in [4.78, 5) is 13.5. The van der Waals surface area contributed by atoms with E-state index >= 15 is 0 Å². The third-order valence-electron chi connectivity index (χ3n) is 4.15. The number of morpholine rings is 1. The molecule has 1 saturated heterocycles. The largest absolute Gasteiger partial charge is 0.465 e. The summed E-state index contributed by atoms with van der Waals surface area (Å²) in [5, 5.41) is 2.94. The number of amides is 1. The van der Waals surface area contributed by atoms with Crippen LogP contribution in [0, 0.1) is 0 Å². The van der Waals surface area contributed by atoms with Crippen LogP contribution in [-0.2, 0) is 22.6 Å². The van der Waals surface area contributed by atoms with Gasteiger partial charge in [0.2, 0.25) is 5.91 Å². The van der Waals surface area contributed by atoms with E-state index in [1.807, 2.05) is 12.1 Å². The second-order valence-corrected chi connectivity index (χ2v) is 5.87. The van der Waals surface area contributed by atoms with E-state index in [-0.39, 0.29) is 5.91 Å². The lowest BCUT2D eigenvalue weighted by atomic mass is 10.1. The van der Waals surface area contributed by atoms with Crippen LogP contribution in [0.25, 0.3) is 6.08 Å². The molecule has 0 radical (unpaired) electrons. The number of nitrogens with one attached hydrogen (secondary N) is 2. The maximum atomic E-state index is 12.0. The van der Waals surface area contributed by atoms with Gasteiger partial charge in [-0.1, -0.05) is 24.3 Å². The smallest absolute Gasteiger partial charge is 0.244 e. The van der Waals surface area contributed by atoms with Crippen LogP contribution in [0.4, 0.5) is 0 Å². The average Bonchev–Trinajstić information content (AvgIpc) is 3.14. The summed E-state index contributed by atoms with van der Waals surface area (Å²) < 4.78 is 10.6. The molecule has 0 bridgehead atoms. The lowest BCUT2D eigenvalue weighted by molar-refractivity contribution is -0.921. The Morgan fingerprint density at radius 1 is 1.12 bits per heavy atom. The Labute approximate surface area is 141 Å². The van der Waals surface area contributed by atoms with E-state index in [1.54, 1.807) is 18.4 Å². The second kappa shape index (κ2) is 8.47. The lowest BCUT2D eigenvalue weighted by Crippen LogP contribution is -3.12. The zero-order valence-corrected chi connectivity index (χ0v) is 13.7. The number of rotatable bonds is 6. The first-order valence-electron chi connectivity index (χ1n) is 8.29. The number of hydrogen-bond donors (Lipinski definition) is 2. The van der Waals surface area contributed by atoms with Crippen LogP contribution in [0.5, 0.6) is 0 Å². The van der Waals surface area contributed by atoms with Crippen LogP contribution in [0.1, 0.15) is 16.9 Å². The highest BCUT2D eigenvalue weighted by atomic mass is 16.5. The van der Waals surface area contributed by atoms with Gasteiger partial charge in [0.05, 0.1) is 19.5 Å². The minimum Gasteiger partial charge on any atom is -0.465 e. The molecule has 0 aliphatic carbocycles. The molecule has 1 aliphatic heterocycles. The molecule has 1 amide bonds. The predicted molar refractivity (Wildman–Crippen MR) is 91.3 cm³/mol. The molecule has 0 saturated carbocycles. The number of furan rings is 1.